The van der Waals surface area contributed by atoms with Crippen molar-refractivity contribution < 1.29 is 18.4 Å². The van der Waals surface area contributed by atoms with E-state index < -0.39 is 23.0 Å². The fourth-order valence-corrected chi connectivity index (χ4v) is 4.59. The van der Waals surface area contributed by atoms with Crippen molar-refractivity contribution in [2.75, 3.05) is 10.6 Å². The van der Waals surface area contributed by atoms with Crippen molar-refractivity contribution in [1.29, 1.82) is 0 Å². The Balaban J connectivity index is 1.55. The Labute approximate surface area is 191 Å². The van der Waals surface area contributed by atoms with Crippen molar-refractivity contribution in [1.82, 2.24) is 24.7 Å². The maximum Gasteiger partial charge on any atom is 0.237 e. The van der Waals surface area contributed by atoms with Gasteiger partial charge in [0.2, 0.25) is 11.8 Å². The molecule has 170 valence electrons. The van der Waals surface area contributed by atoms with Gasteiger partial charge in [0.15, 0.2) is 11.5 Å². The molecule has 3 aromatic heterocycles. The first-order valence-electron chi connectivity index (χ1n) is 10.6. The Morgan fingerprint density at radius 1 is 1.12 bits per heavy atom. The average Bonchev–Trinajstić information content (AvgIpc) is 3.28. The summed E-state index contributed by atoms with van der Waals surface area (Å²) in [5.41, 5.74) is 0.273. The summed E-state index contributed by atoms with van der Waals surface area (Å²) in [6, 6.07) is 7.49. The van der Waals surface area contributed by atoms with Crippen LogP contribution in [0, 0.1) is 17.6 Å². The summed E-state index contributed by atoms with van der Waals surface area (Å²) < 4.78 is 29.9. The number of benzene rings is 1. The number of pyridine rings is 1. The largest absolute Gasteiger partial charge is 0.310 e. The van der Waals surface area contributed by atoms with Gasteiger partial charge < -0.3 is 10.6 Å². The van der Waals surface area contributed by atoms with E-state index in [1.807, 2.05) is 0 Å². The minimum Gasteiger partial charge on any atom is -0.310 e. The standard InChI is InChI=1S/C23H17F2N7O2/c1-10-21(33)29-17-15-18(30-22(34)23(10,15)2)28-19(27-17)16-13-7-12(24)8-26-20(13)32(31-16)9-11-5-3-4-6-14(11)25/h3-8,10H,9H2,1-2H3,(H2,27,28,29,30,33,34)/t10-,23+/m1/s1. The Bertz CT molecular complexity index is 1550. The molecule has 34 heavy (non-hydrogen) atoms. The highest BCUT2D eigenvalue weighted by Gasteiger charge is 2.55. The molecule has 2 aliphatic rings. The van der Waals surface area contributed by atoms with Crippen LogP contribution in [-0.2, 0) is 21.5 Å². The topological polar surface area (TPSA) is 115 Å². The maximum atomic E-state index is 14.3. The molecule has 11 heteroatoms. The lowest BCUT2D eigenvalue weighted by Gasteiger charge is -2.33. The van der Waals surface area contributed by atoms with Crippen LogP contribution >= 0.6 is 0 Å². The molecule has 1 aromatic carbocycles. The molecule has 4 aromatic rings. The van der Waals surface area contributed by atoms with E-state index in [1.165, 1.54) is 16.8 Å². The van der Waals surface area contributed by atoms with Crippen molar-refractivity contribution >= 4 is 34.5 Å². The zero-order valence-electron chi connectivity index (χ0n) is 18.1. The number of halogens is 2. The van der Waals surface area contributed by atoms with Gasteiger partial charge in [0, 0.05) is 5.56 Å². The quantitative estimate of drug-likeness (QED) is 0.485. The van der Waals surface area contributed by atoms with Gasteiger partial charge in [0.25, 0.3) is 0 Å². The predicted molar refractivity (Wildman–Crippen MR) is 118 cm³/mol. The molecule has 0 saturated carbocycles. The molecule has 0 spiro atoms. The highest BCUT2D eigenvalue weighted by Crippen LogP contribution is 2.49. The number of hydrogen-bond acceptors (Lipinski definition) is 6. The number of hydrogen-bond donors (Lipinski definition) is 2. The Morgan fingerprint density at radius 2 is 1.85 bits per heavy atom. The van der Waals surface area contributed by atoms with E-state index in [9.17, 15) is 18.4 Å². The fraction of sp³-hybridized carbons (Fsp3) is 0.217. The van der Waals surface area contributed by atoms with Gasteiger partial charge in [-0.3, -0.25) is 9.59 Å². The van der Waals surface area contributed by atoms with Crippen LogP contribution in [0.15, 0.2) is 36.5 Å². The summed E-state index contributed by atoms with van der Waals surface area (Å²) in [6.07, 6.45) is 1.05. The van der Waals surface area contributed by atoms with E-state index in [4.69, 9.17) is 0 Å². The van der Waals surface area contributed by atoms with E-state index in [2.05, 4.69) is 30.7 Å². The number of aromatic nitrogens is 5. The van der Waals surface area contributed by atoms with Gasteiger partial charge in [-0.2, -0.15) is 5.10 Å². The molecule has 0 unspecified atom stereocenters. The maximum absolute atomic E-state index is 14.3. The van der Waals surface area contributed by atoms with Gasteiger partial charge in [-0.15, -0.1) is 0 Å². The van der Waals surface area contributed by atoms with Crippen LogP contribution in [0.3, 0.4) is 0 Å². The van der Waals surface area contributed by atoms with E-state index in [-0.39, 0.29) is 41.5 Å². The zero-order chi connectivity index (χ0) is 23.8. The summed E-state index contributed by atoms with van der Waals surface area (Å²) in [5, 5.41) is 10.3. The van der Waals surface area contributed by atoms with Gasteiger partial charge in [0.05, 0.1) is 35.0 Å². The van der Waals surface area contributed by atoms with Crippen LogP contribution in [0.1, 0.15) is 25.0 Å². The molecule has 0 aliphatic carbocycles. The Morgan fingerprint density at radius 3 is 2.62 bits per heavy atom. The first kappa shape index (κ1) is 20.3. The summed E-state index contributed by atoms with van der Waals surface area (Å²) in [5.74, 6) is -1.78. The molecular weight excluding hydrogens is 444 g/mol. The van der Waals surface area contributed by atoms with Gasteiger partial charge in [-0.05, 0) is 19.1 Å². The Kier molecular flexibility index (Phi) is 4.10. The number of carbonyl (C=O) groups is 2. The van der Waals surface area contributed by atoms with Gasteiger partial charge >= 0.3 is 0 Å². The molecule has 0 radical (unpaired) electrons. The number of nitrogens with zero attached hydrogens (tertiary/aromatic N) is 5. The first-order valence-corrected chi connectivity index (χ1v) is 10.6. The smallest absolute Gasteiger partial charge is 0.237 e. The lowest BCUT2D eigenvalue weighted by Crippen LogP contribution is -2.47. The lowest BCUT2D eigenvalue weighted by molar-refractivity contribution is -0.129. The first-order chi connectivity index (χ1) is 16.3. The van der Waals surface area contributed by atoms with Crippen molar-refractivity contribution in [3.05, 3.63) is 59.3 Å². The van der Waals surface area contributed by atoms with Crippen LogP contribution in [0.5, 0.6) is 0 Å². The Hall–Kier alpha value is -4.28. The van der Waals surface area contributed by atoms with Gasteiger partial charge in [-0.25, -0.2) is 28.4 Å². The predicted octanol–water partition coefficient (Wildman–Crippen LogP) is 3.01. The molecule has 5 heterocycles. The van der Waals surface area contributed by atoms with Crippen LogP contribution in [-0.4, -0.2) is 36.5 Å². The zero-order valence-corrected chi connectivity index (χ0v) is 18.1. The SMILES string of the molecule is C[C@@H]1C(=O)Nc2nc(-c3nn(Cc4ccccc4F)c4ncc(F)cc34)nc3c2[C@@]1(C)C(=O)N3. The van der Waals surface area contributed by atoms with Crippen molar-refractivity contribution in [2.24, 2.45) is 5.92 Å². The van der Waals surface area contributed by atoms with Crippen LogP contribution in [0.4, 0.5) is 20.4 Å². The van der Waals surface area contributed by atoms with E-state index >= 15 is 0 Å². The second kappa shape index (κ2) is 6.86. The number of nitrogens with one attached hydrogen (secondary N) is 2. The highest BCUT2D eigenvalue weighted by atomic mass is 19.1. The molecular formula is C23H17F2N7O2. The number of fused-ring (bicyclic) bond motifs is 1. The third kappa shape index (κ3) is 2.69. The third-order valence-electron chi connectivity index (χ3n) is 6.68. The molecule has 0 fully saturated rings. The number of anilines is 2. The van der Waals surface area contributed by atoms with Crippen LogP contribution in [0.25, 0.3) is 22.6 Å². The summed E-state index contributed by atoms with van der Waals surface area (Å²) >= 11 is 0. The molecule has 0 bridgehead atoms. The number of amides is 2. The molecule has 2 N–H and O–H groups in total. The molecule has 0 saturated heterocycles. The molecule has 6 rings (SSSR count). The fourth-order valence-electron chi connectivity index (χ4n) is 4.59. The highest BCUT2D eigenvalue weighted by molar-refractivity contribution is 6.14. The van der Waals surface area contributed by atoms with Crippen molar-refractivity contribution in [3.8, 4) is 11.5 Å². The summed E-state index contributed by atoms with van der Waals surface area (Å²) in [6.45, 7) is 3.40. The molecule has 9 nitrogen and oxygen atoms in total. The summed E-state index contributed by atoms with van der Waals surface area (Å²) in [7, 11) is 0. The number of rotatable bonds is 3. The third-order valence-corrected chi connectivity index (χ3v) is 6.68. The minimum atomic E-state index is -1.11. The van der Waals surface area contributed by atoms with Crippen molar-refractivity contribution in [2.45, 2.75) is 25.8 Å². The average molecular weight is 461 g/mol. The number of carbonyl (C=O) groups excluding carboxylic acids is 2. The van der Waals surface area contributed by atoms with E-state index in [1.54, 1.807) is 32.0 Å². The monoisotopic (exact) mass is 461 g/mol. The van der Waals surface area contributed by atoms with Crippen molar-refractivity contribution in [3.63, 3.8) is 0 Å². The summed E-state index contributed by atoms with van der Waals surface area (Å²) in [4.78, 5) is 38.5. The molecule has 2 amide bonds. The lowest BCUT2D eigenvalue weighted by atomic mass is 9.71. The van der Waals surface area contributed by atoms with E-state index in [0.717, 1.165) is 6.20 Å². The van der Waals surface area contributed by atoms with Gasteiger partial charge in [0.1, 0.15) is 29.0 Å². The van der Waals surface area contributed by atoms with Crippen LogP contribution in [0.2, 0.25) is 0 Å². The van der Waals surface area contributed by atoms with E-state index in [0.29, 0.717) is 22.2 Å². The molecule has 2 aliphatic heterocycles. The van der Waals surface area contributed by atoms with Gasteiger partial charge in [-0.1, -0.05) is 25.1 Å². The normalized spacial score (nSPS) is 20.9. The van der Waals surface area contributed by atoms with Crippen LogP contribution < -0.4 is 10.6 Å². The minimum absolute atomic E-state index is 0.0443. The molecule has 2 atom stereocenters. The second-order valence-electron chi connectivity index (χ2n) is 8.61. The second-order valence-corrected chi connectivity index (χ2v) is 8.61.